The molecular formula is C34H36Cl2N8O5. The van der Waals surface area contributed by atoms with Crippen molar-refractivity contribution in [2.24, 2.45) is 7.05 Å². The van der Waals surface area contributed by atoms with Crippen molar-refractivity contribution >= 4 is 46.7 Å². The number of carbonyl (C=O) groups excluding carboxylic acids is 2. The summed E-state index contributed by atoms with van der Waals surface area (Å²) in [4.78, 5) is 51.8. The molecule has 1 saturated heterocycles. The molecule has 256 valence electrons. The fraction of sp³-hybridized carbons (Fsp3) is 0.353. The van der Waals surface area contributed by atoms with Crippen molar-refractivity contribution in [2.75, 3.05) is 32.1 Å². The Bertz CT molecular complexity index is 1920. The number of nitrogens with one attached hydrogen (secondary N) is 3. The van der Waals surface area contributed by atoms with E-state index < -0.39 is 11.9 Å². The summed E-state index contributed by atoms with van der Waals surface area (Å²) in [5.74, 6) is -0.526. The van der Waals surface area contributed by atoms with Gasteiger partial charge in [-0.3, -0.25) is 24.3 Å². The fourth-order valence-electron chi connectivity index (χ4n) is 6.19. The van der Waals surface area contributed by atoms with Gasteiger partial charge in [0, 0.05) is 87.2 Å². The lowest BCUT2D eigenvalue weighted by molar-refractivity contribution is -0.137. The number of amides is 2. The minimum absolute atomic E-state index is 0.0466. The summed E-state index contributed by atoms with van der Waals surface area (Å²) < 4.78 is 7.37. The summed E-state index contributed by atoms with van der Waals surface area (Å²) in [5, 5.41) is 18.8. The van der Waals surface area contributed by atoms with Crippen molar-refractivity contribution in [3.63, 3.8) is 0 Å². The molecule has 5 heterocycles. The summed E-state index contributed by atoms with van der Waals surface area (Å²) in [7, 11) is 3.35. The molecule has 15 heteroatoms. The van der Waals surface area contributed by atoms with Gasteiger partial charge in [0.2, 0.25) is 11.8 Å². The van der Waals surface area contributed by atoms with Crippen LogP contribution in [0.25, 0.3) is 22.5 Å². The lowest BCUT2D eigenvalue weighted by Gasteiger charge is -2.25. The normalized spacial score (nSPS) is 15.9. The van der Waals surface area contributed by atoms with Crippen LogP contribution in [-0.2, 0) is 36.1 Å². The molecule has 0 saturated carbocycles. The number of methoxy groups -OCH3 is 1. The Balaban J connectivity index is 1.19. The quantitative estimate of drug-likeness (QED) is 0.167. The number of halogens is 2. The number of carboxylic acids is 1. The van der Waals surface area contributed by atoms with Gasteiger partial charge in [-0.25, -0.2) is 9.97 Å². The highest BCUT2D eigenvalue weighted by atomic mass is 35.5. The first-order chi connectivity index (χ1) is 23.6. The van der Waals surface area contributed by atoms with Crippen LogP contribution in [0, 0.1) is 0 Å². The number of aliphatic carboxylic acids is 1. The number of carbonyl (C=O) groups is 3. The molecule has 1 atom stereocenters. The molecule has 0 radical (unpaired) electrons. The second kappa shape index (κ2) is 14.9. The van der Waals surface area contributed by atoms with Crippen molar-refractivity contribution in [1.82, 2.24) is 35.1 Å². The van der Waals surface area contributed by atoms with Gasteiger partial charge in [0.05, 0.1) is 46.3 Å². The van der Waals surface area contributed by atoms with E-state index in [0.717, 1.165) is 23.4 Å². The monoisotopic (exact) mass is 706 g/mol. The van der Waals surface area contributed by atoms with Gasteiger partial charge in [0.25, 0.3) is 5.91 Å². The second-order valence-electron chi connectivity index (χ2n) is 12.0. The Hall–Kier alpha value is -4.56. The number of benzene rings is 1. The molecule has 0 spiro atoms. The number of nitrogens with zero attached hydrogens (tertiary/aromatic N) is 5. The zero-order valence-electron chi connectivity index (χ0n) is 27.1. The van der Waals surface area contributed by atoms with E-state index in [9.17, 15) is 14.4 Å². The first kappa shape index (κ1) is 34.3. The van der Waals surface area contributed by atoms with Crippen LogP contribution in [0.5, 0.6) is 5.88 Å². The molecule has 2 aliphatic heterocycles. The van der Waals surface area contributed by atoms with Crippen LogP contribution in [0.2, 0.25) is 10.0 Å². The van der Waals surface area contributed by atoms with E-state index in [-0.39, 0.29) is 29.2 Å². The number of ether oxygens (including phenoxy) is 1. The predicted molar refractivity (Wildman–Crippen MR) is 185 cm³/mol. The first-order valence-electron chi connectivity index (χ1n) is 15.9. The number of imidazole rings is 1. The Morgan fingerprint density at radius 2 is 1.94 bits per heavy atom. The van der Waals surface area contributed by atoms with Crippen LogP contribution in [0.15, 0.2) is 42.6 Å². The summed E-state index contributed by atoms with van der Waals surface area (Å²) in [6.45, 7) is 2.74. The first-order valence-corrected chi connectivity index (χ1v) is 16.7. The van der Waals surface area contributed by atoms with E-state index in [2.05, 4.69) is 25.9 Å². The molecule has 13 nitrogen and oxygen atoms in total. The summed E-state index contributed by atoms with van der Waals surface area (Å²) in [6.07, 6.45) is 3.69. The van der Waals surface area contributed by atoms with E-state index in [1.807, 2.05) is 17.0 Å². The maximum absolute atomic E-state index is 13.5. The van der Waals surface area contributed by atoms with E-state index in [0.29, 0.717) is 84.7 Å². The molecule has 1 fully saturated rings. The molecule has 0 aliphatic carbocycles. The Morgan fingerprint density at radius 3 is 2.69 bits per heavy atom. The van der Waals surface area contributed by atoms with Crippen molar-refractivity contribution in [1.29, 1.82) is 0 Å². The molecule has 1 aromatic carbocycles. The number of aromatic nitrogens is 4. The average Bonchev–Trinajstić information content (AvgIpc) is 3.66. The van der Waals surface area contributed by atoms with E-state index in [4.69, 9.17) is 38.0 Å². The second-order valence-corrected chi connectivity index (χ2v) is 12.8. The minimum atomic E-state index is -0.849. The SMILES string of the molecule is COc1nc(-c2ccnc(-c3cccc(NC(=O)c4nc5c(n4C)CCN(CCC(=O)O)C5)c3Cl)c2Cl)ccc1CNC[C@@H]1CCC(=O)N1. The lowest BCUT2D eigenvalue weighted by Crippen LogP contribution is -2.35. The van der Waals surface area contributed by atoms with Crippen molar-refractivity contribution in [2.45, 2.75) is 44.8 Å². The van der Waals surface area contributed by atoms with Gasteiger partial charge >= 0.3 is 5.97 Å². The summed E-state index contributed by atoms with van der Waals surface area (Å²) >= 11 is 13.8. The molecular weight excluding hydrogens is 671 g/mol. The number of fused-ring (bicyclic) bond motifs is 1. The largest absolute Gasteiger partial charge is 0.481 e. The van der Waals surface area contributed by atoms with Crippen molar-refractivity contribution < 1.29 is 24.2 Å². The standard InChI is InChI=1S/C34H36Cl2N8O5/c1-43-26-11-14-44(15-12-28(46)47)18-25(26)40-32(43)33(48)41-24-5-3-4-22(29(24)35)31-30(36)21(10-13-38-31)23-8-6-19(34(42-23)49-2)16-37-17-20-7-9-27(45)39-20/h3-6,8,10,13,20,37H,7,9,11-12,14-18H2,1-2H3,(H,39,45)(H,41,48)(H,46,47)/t20-/m0/s1. The van der Waals surface area contributed by atoms with E-state index in [1.54, 1.807) is 49.2 Å². The number of hydrogen-bond donors (Lipinski definition) is 4. The van der Waals surface area contributed by atoms with E-state index >= 15 is 0 Å². The maximum Gasteiger partial charge on any atom is 0.304 e. The fourth-order valence-corrected chi connectivity index (χ4v) is 6.76. The van der Waals surface area contributed by atoms with Crippen LogP contribution in [0.1, 0.15) is 46.8 Å². The van der Waals surface area contributed by atoms with Crippen LogP contribution < -0.4 is 20.7 Å². The van der Waals surface area contributed by atoms with Gasteiger partial charge in [-0.15, -0.1) is 0 Å². The van der Waals surface area contributed by atoms with Gasteiger partial charge in [0.15, 0.2) is 5.82 Å². The molecule has 0 bridgehead atoms. The summed E-state index contributed by atoms with van der Waals surface area (Å²) in [6, 6.07) is 10.9. The number of pyridine rings is 2. The summed E-state index contributed by atoms with van der Waals surface area (Å²) in [5.41, 5.74) is 5.06. The molecule has 2 amide bonds. The van der Waals surface area contributed by atoms with Crippen LogP contribution >= 0.6 is 23.2 Å². The number of carboxylic acid groups (broad SMARTS) is 1. The zero-order valence-corrected chi connectivity index (χ0v) is 28.6. The third-order valence-electron chi connectivity index (χ3n) is 8.77. The predicted octanol–water partition coefficient (Wildman–Crippen LogP) is 4.31. The van der Waals surface area contributed by atoms with Gasteiger partial charge < -0.3 is 30.4 Å². The number of hydrogen-bond acceptors (Lipinski definition) is 9. The van der Waals surface area contributed by atoms with Gasteiger partial charge in [-0.2, -0.15) is 0 Å². The minimum Gasteiger partial charge on any atom is -0.481 e. The molecule has 4 aromatic rings. The Labute approximate surface area is 293 Å². The highest BCUT2D eigenvalue weighted by Gasteiger charge is 2.27. The smallest absolute Gasteiger partial charge is 0.304 e. The molecule has 3 aromatic heterocycles. The van der Waals surface area contributed by atoms with Gasteiger partial charge in [-0.05, 0) is 24.6 Å². The van der Waals surface area contributed by atoms with Crippen LogP contribution in [0.4, 0.5) is 5.69 Å². The van der Waals surface area contributed by atoms with Crippen molar-refractivity contribution in [3.05, 3.63) is 75.4 Å². The van der Waals surface area contributed by atoms with E-state index in [1.165, 1.54) is 0 Å². The molecule has 0 unspecified atom stereocenters. The third kappa shape index (κ3) is 7.54. The molecule has 4 N–H and O–H groups in total. The third-order valence-corrected chi connectivity index (χ3v) is 9.56. The number of anilines is 1. The molecule has 6 rings (SSSR count). The van der Waals surface area contributed by atoms with Gasteiger partial charge in [-0.1, -0.05) is 41.4 Å². The van der Waals surface area contributed by atoms with Gasteiger partial charge in [0.1, 0.15) is 0 Å². The van der Waals surface area contributed by atoms with Crippen LogP contribution in [-0.4, -0.2) is 80.1 Å². The highest BCUT2D eigenvalue weighted by molar-refractivity contribution is 6.39. The Morgan fingerprint density at radius 1 is 1.10 bits per heavy atom. The molecule has 49 heavy (non-hydrogen) atoms. The molecule has 2 aliphatic rings. The topological polar surface area (TPSA) is 164 Å². The van der Waals surface area contributed by atoms with Crippen molar-refractivity contribution in [3.8, 4) is 28.4 Å². The zero-order chi connectivity index (χ0) is 34.7. The number of rotatable bonds is 12. The van der Waals surface area contributed by atoms with Crippen LogP contribution in [0.3, 0.4) is 0 Å². The lowest BCUT2D eigenvalue weighted by atomic mass is 10.1. The Kier molecular flexibility index (Phi) is 10.4. The maximum atomic E-state index is 13.5. The highest BCUT2D eigenvalue weighted by Crippen LogP contribution is 2.40. The average molecular weight is 708 g/mol.